The number of hydrogen-bond acceptors (Lipinski definition) is 5. The Morgan fingerprint density at radius 2 is 2.00 bits per heavy atom. The Kier molecular flexibility index (Phi) is 6.43. The van der Waals surface area contributed by atoms with Crippen LogP contribution < -0.4 is 10.6 Å². The summed E-state index contributed by atoms with van der Waals surface area (Å²) < 4.78 is 0. The maximum atomic E-state index is 12.3. The third-order valence-electron chi connectivity index (χ3n) is 3.16. The molecule has 0 aliphatic carbocycles. The minimum atomic E-state index is -0.311. The van der Waals surface area contributed by atoms with Crippen molar-refractivity contribution < 1.29 is 9.59 Å². The third kappa shape index (κ3) is 5.13. The van der Waals surface area contributed by atoms with Gasteiger partial charge in [0.1, 0.15) is 5.01 Å². The number of nitrogens with one attached hydrogen (secondary N) is 2. The van der Waals surface area contributed by atoms with Gasteiger partial charge in [0, 0.05) is 24.2 Å². The summed E-state index contributed by atoms with van der Waals surface area (Å²) in [5, 5.41) is 14.7. The number of carbonyl (C=O) groups excluding carboxylic acids is 2. The van der Waals surface area contributed by atoms with Gasteiger partial charge in [-0.15, -0.1) is 10.2 Å². The van der Waals surface area contributed by atoms with Gasteiger partial charge in [-0.25, -0.2) is 0 Å². The molecule has 7 heteroatoms. The lowest BCUT2D eigenvalue weighted by molar-refractivity contribution is 0.0952. The van der Waals surface area contributed by atoms with Gasteiger partial charge in [-0.2, -0.15) is 0 Å². The van der Waals surface area contributed by atoms with Gasteiger partial charge < -0.3 is 10.6 Å². The molecule has 0 spiro atoms. The summed E-state index contributed by atoms with van der Waals surface area (Å²) in [6, 6.07) is 6.84. The molecule has 0 atom stereocenters. The van der Waals surface area contributed by atoms with Gasteiger partial charge in [-0.1, -0.05) is 38.2 Å². The highest BCUT2D eigenvalue weighted by molar-refractivity contribution is 7.13. The molecular formula is C17H22N4O2S. The number of hydrogen-bond donors (Lipinski definition) is 2. The topological polar surface area (TPSA) is 84.0 Å². The summed E-state index contributed by atoms with van der Waals surface area (Å²) in [6.07, 6.45) is 1.68. The molecule has 1 heterocycles. The highest BCUT2D eigenvalue weighted by atomic mass is 32.1. The molecule has 0 bridgehead atoms. The Morgan fingerprint density at radius 3 is 2.71 bits per heavy atom. The lowest BCUT2D eigenvalue weighted by Crippen LogP contribution is -2.24. The molecule has 2 rings (SSSR count). The number of aromatic nitrogens is 2. The first-order valence-corrected chi connectivity index (χ1v) is 8.83. The van der Waals surface area contributed by atoms with Crippen LogP contribution in [0.25, 0.3) is 0 Å². The van der Waals surface area contributed by atoms with Crippen LogP contribution in [0.5, 0.6) is 0 Å². The first-order valence-electron chi connectivity index (χ1n) is 8.01. The molecule has 0 saturated heterocycles. The van der Waals surface area contributed by atoms with Crippen LogP contribution in [-0.2, 0) is 6.42 Å². The van der Waals surface area contributed by atoms with Crippen molar-refractivity contribution in [1.29, 1.82) is 0 Å². The van der Waals surface area contributed by atoms with Crippen molar-refractivity contribution in [2.24, 2.45) is 5.92 Å². The van der Waals surface area contributed by atoms with Crippen molar-refractivity contribution in [2.45, 2.75) is 33.6 Å². The van der Waals surface area contributed by atoms with E-state index in [1.165, 1.54) is 11.3 Å². The second kappa shape index (κ2) is 8.54. The first-order chi connectivity index (χ1) is 11.5. The van der Waals surface area contributed by atoms with Gasteiger partial charge >= 0.3 is 0 Å². The third-order valence-corrected chi connectivity index (χ3v) is 4.11. The molecule has 128 valence electrons. The second-order valence-electron chi connectivity index (χ2n) is 5.89. The standard InChI is InChI=1S/C17H22N4O2S/c1-4-8-18-15(22)12-6-5-7-13(10-12)19-16(23)17-21-20-14(24-17)9-11(2)3/h5-7,10-11H,4,8-9H2,1-3H3,(H,18,22)(H,19,23). The summed E-state index contributed by atoms with van der Waals surface area (Å²) in [6.45, 7) is 6.80. The molecule has 6 nitrogen and oxygen atoms in total. The summed E-state index contributed by atoms with van der Waals surface area (Å²) in [5.41, 5.74) is 1.07. The molecule has 0 saturated carbocycles. The van der Waals surface area contributed by atoms with Gasteiger partial charge in [0.15, 0.2) is 0 Å². The van der Waals surface area contributed by atoms with Crippen LogP contribution in [0.15, 0.2) is 24.3 Å². The van der Waals surface area contributed by atoms with Gasteiger partial charge in [-0.3, -0.25) is 9.59 Å². The minimum Gasteiger partial charge on any atom is -0.352 e. The molecule has 0 aliphatic rings. The Labute approximate surface area is 145 Å². The molecule has 2 N–H and O–H groups in total. The van der Waals surface area contributed by atoms with Crippen molar-refractivity contribution in [2.75, 3.05) is 11.9 Å². The Morgan fingerprint density at radius 1 is 1.21 bits per heavy atom. The molecule has 2 aromatic rings. The van der Waals surface area contributed by atoms with E-state index in [0.29, 0.717) is 28.7 Å². The molecule has 24 heavy (non-hydrogen) atoms. The SMILES string of the molecule is CCCNC(=O)c1cccc(NC(=O)c2nnc(CC(C)C)s2)c1. The van der Waals surface area contributed by atoms with Crippen molar-refractivity contribution in [3.8, 4) is 0 Å². The molecular weight excluding hydrogens is 324 g/mol. The Bertz CT molecular complexity index is 712. The van der Waals surface area contributed by atoms with Crippen LogP contribution in [0.3, 0.4) is 0 Å². The fraction of sp³-hybridized carbons (Fsp3) is 0.412. The van der Waals surface area contributed by atoms with Gasteiger partial charge in [0.25, 0.3) is 11.8 Å². The quantitative estimate of drug-likeness (QED) is 0.807. The van der Waals surface area contributed by atoms with Crippen LogP contribution in [0.1, 0.15) is 52.4 Å². The number of rotatable bonds is 7. The number of anilines is 1. The Hall–Kier alpha value is -2.28. The lowest BCUT2D eigenvalue weighted by atomic mass is 10.1. The Balaban J connectivity index is 2.03. The molecule has 0 aliphatic heterocycles. The van der Waals surface area contributed by atoms with Crippen molar-refractivity contribution in [3.05, 3.63) is 39.8 Å². The van der Waals surface area contributed by atoms with Crippen molar-refractivity contribution >= 4 is 28.8 Å². The van der Waals surface area contributed by atoms with Gasteiger partial charge in [-0.05, 0) is 30.5 Å². The average molecular weight is 346 g/mol. The summed E-state index contributed by atoms with van der Waals surface area (Å²) in [4.78, 5) is 24.2. The van der Waals surface area contributed by atoms with Crippen LogP contribution in [0.4, 0.5) is 5.69 Å². The molecule has 0 unspecified atom stereocenters. The van der Waals surface area contributed by atoms with Gasteiger partial charge in [0.2, 0.25) is 5.01 Å². The highest BCUT2D eigenvalue weighted by Gasteiger charge is 2.14. The molecule has 1 aromatic heterocycles. The molecule has 1 aromatic carbocycles. The van der Waals surface area contributed by atoms with Gasteiger partial charge in [0.05, 0.1) is 0 Å². The van der Waals surface area contributed by atoms with E-state index >= 15 is 0 Å². The second-order valence-corrected chi connectivity index (χ2v) is 6.95. The van der Waals surface area contributed by atoms with Crippen LogP contribution in [-0.4, -0.2) is 28.6 Å². The fourth-order valence-corrected chi connectivity index (χ4v) is 2.99. The van der Waals surface area contributed by atoms with Crippen LogP contribution in [0.2, 0.25) is 0 Å². The smallest absolute Gasteiger partial charge is 0.286 e. The predicted molar refractivity (Wildman–Crippen MR) is 95.5 cm³/mol. The van der Waals surface area contributed by atoms with Crippen LogP contribution in [0, 0.1) is 5.92 Å². The predicted octanol–water partition coefficient (Wildman–Crippen LogP) is 3.13. The lowest BCUT2D eigenvalue weighted by Gasteiger charge is -2.06. The normalized spacial score (nSPS) is 10.7. The number of benzene rings is 1. The van der Waals surface area contributed by atoms with E-state index < -0.39 is 0 Å². The van der Waals surface area contributed by atoms with E-state index in [9.17, 15) is 9.59 Å². The monoisotopic (exact) mass is 346 g/mol. The zero-order valence-electron chi connectivity index (χ0n) is 14.1. The van der Waals surface area contributed by atoms with E-state index in [1.54, 1.807) is 24.3 Å². The zero-order chi connectivity index (χ0) is 17.5. The summed E-state index contributed by atoms with van der Waals surface area (Å²) in [5.74, 6) is 0.00359. The van der Waals surface area contributed by atoms with E-state index in [2.05, 4.69) is 34.7 Å². The minimum absolute atomic E-state index is 0.150. The zero-order valence-corrected chi connectivity index (χ0v) is 14.9. The maximum absolute atomic E-state index is 12.3. The summed E-state index contributed by atoms with van der Waals surface area (Å²) in [7, 11) is 0. The van der Waals surface area contributed by atoms with Crippen molar-refractivity contribution in [1.82, 2.24) is 15.5 Å². The average Bonchev–Trinajstić information content (AvgIpc) is 3.00. The van der Waals surface area contributed by atoms with E-state index in [4.69, 9.17) is 0 Å². The largest absolute Gasteiger partial charge is 0.352 e. The fourth-order valence-electron chi connectivity index (χ4n) is 2.04. The van der Waals surface area contributed by atoms with E-state index in [-0.39, 0.29) is 11.8 Å². The van der Waals surface area contributed by atoms with Crippen molar-refractivity contribution in [3.63, 3.8) is 0 Å². The molecule has 0 fully saturated rings. The molecule has 0 radical (unpaired) electrons. The number of carbonyl (C=O) groups is 2. The highest BCUT2D eigenvalue weighted by Crippen LogP contribution is 2.17. The summed E-state index contributed by atoms with van der Waals surface area (Å²) >= 11 is 1.30. The number of amides is 2. The van der Waals surface area contributed by atoms with E-state index in [0.717, 1.165) is 17.8 Å². The number of nitrogens with zero attached hydrogens (tertiary/aromatic N) is 2. The van der Waals surface area contributed by atoms with Crippen LogP contribution >= 0.6 is 11.3 Å². The van der Waals surface area contributed by atoms with E-state index in [1.807, 2.05) is 6.92 Å². The first kappa shape index (κ1) is 18.1. The molecule has 2 amide bonds. The maximum Gasteiger partial charge on any atom is 0.286 e.